The van der Waals surface area contributed by atoms with E-state index < -0.39 is 11.9 Å². The predicted octanol–water partition coefficient (Wildman–Crippen LogP) is 4.84. The Kier molecular flexibility index (Phi) is 5.04. The molecular formula is C26H19N3O4. The van der Waals surface area contributed by atoms with Gasteiger partial charge in [-0.2, -0.15) is 5.26 Å². The molecule has 1 N–H and O–H groups in total. The molecule has 162 valence electrons. The van der Waals surface area contributed by atoms with Gasteiger partial charge in [0.25, 0.3) is 0 Å². The molecule has 0 amide bonds. The lowest BCUT2D eigenvalue weighted by Gasteiger charge is -2.29. The lowest BCUT2D eigenvalue weighted by Crippen LogP contribution is -2.19. The van der Waals surface area contributed by atoms with E-state index in [9.17, 15) is 15.2 Å². The smallest absolute Gasteiger partial charge is 0.341 e. The zero-order valence-electron chi connectivity index (χ0n) is 17.7. The Hall–Kier alpha value is -4.57. The van der Waals surface area contributed by atoms with Gasteiger partial charge in [0.05, 0.1) is 12.5 Å². The highest BCUT2D eigenvalue weighted by molar-refractivity contribution is 6.01. The normalized spacial score (nSPS) is 15.0. The Morgan fingerprint density at radius 3 is 2.76 bits per heavy atom. The molecule has 1 aliphatic rings. The van der Waals surface area contributed by atoms with Gasteiger partial charge in [0.15, 0.2) is 0 Å². The van der Waals surface area contributed by atoms with Gasteiger partial charge in [-0.05, 0) is 48.2 Å². The molecule has 1 atom stereocenters. The first-order valence-corrected chi connectivity index (χ1v) is 10.4. The fraction of sp³-hybridized carbons (Fsp3) is 0.115. The van der Waals surface area contributed by atoms with Crippen LogP contribution in [0.15, 0.2) is 78.9 Å². The number of hydrogen-bond acceptors (Lipinski definition) is 6. The van der Waals surface area contributed by atoms with Gasteiger partial charge in [0.2, 0.25) is 5.88 Å². The molecule has 2 aromatic heterocycles. The summed E-state index contributed by atoms with van der Waals surface area (Å²) in [6.45, 7) is 1.92. The fourth-order valence-electron chi connectivity index (χ4n) is 4.16. The molecule has 7 heteroatoms. The maximum Gasteiger partial charge on any atom is 0.341 e. The number of rotatable bonds is 4. The highest BCUT2D eigenvalue weighted by Gasteiger charge is 2.34. The second kappa shape index (κ2) is 8.17. The number of aromatic hydroxyl groups is 1. The first kappa shape index (κ1) is 20.3. The lowest BCUT2D eigenvalue weighted by molar-refractivity contribution is 0.0523. The van der Waals surface area contributed by atoms with Crippen molar-refractivity contribution in [1.29, 1.82) is 5.26 Å². The molecule has 0 bridgehead atoms. The second-order valence-electron chi connectivity index (χ2n) is 7.54. The monoisotopic (exact) mass is 437 g/mol. The van der Waals surface area contributed by atoms with Gasteiger partial charge in [-0.15, -0.1) is 0 Å². The van der Waals surface area contributed by atoms with Crippen LogP contribution in [0.3, 0.4) is 0 Å². The zero-order valence-corrected chi connectivity index (χ0v) is 17.7. The standard InChI is InChI=1S/C26H19N3O4/c1-2-32-26(31)20-12-16-7-8-18-23(17-6-5-9-28-15-17)21(14-27)25(29-10-3-4-11-29)33-24(18)19(16)13-22(20)30/h3-13,15,23,30H,2H2,1H3. The van der Waals surface area contributed by atoms with E-state index in [-0.39, 0.29) is 17.9 Å². The van der Waals surface area contributed by atoms with Gasteiger partial charge in [-0.3, -0.25) is 9.55 Å². The third kappa shape index (κ3) is 3.38. The summed E-state index contributed by atoms with van der Waals surface area (Å²) in [6, 6.07) is 16.6. The number of hydrogen-bond donors (Lipinski definition) is 1. The van der Waals surface area contributed by atoms with Crippen LogP contribution >= 0.6 is 0 Å². The molecule has 0 saturated heterocycles. The summed E-state index contributed by atoms with van der Waals surface area (Å²) in [6.07, 6.45) is 7.02. The lowest BCUT2D eigenvalue weighted by atomic mass is 9.83. The van der Waals surface area contributed by atoms with Gasteiger partial charge in [-0.25, -0.2) is 4.79 Å². The predicted molar refractivity (Wildman–Crippen MR) is 122 cm³/mol. The van der Waals surface area contributed by atoms with Crippen molar-refractivity contribution in [3.05, 3.63) is 95.6 Å². The first-order valence-electron chi connectivity index (χ1n) is 10.4. The number of phenols is 1. The van der Waals surface area contributed by atoms with E-state index in [1.165, 1.54) is 6.07 Å². The van der Waals surface area contributed by atoms with Crippen LogP contribution in [0, 0.1) is 11.3 Å². The van der Waals surface area contributed by atoms with E-state index in [1.54, 1.807) is 42.3 Å². The van der Waals surface area contributed by atoms with Crippen LogP contribution in [-0.4, -0.2) is 27.2 Å². The average Bonchev–Trinajstić information content (AvgIpc) is 3.38. The summed E-state index contributed by atoms with van der Waals surface area (Å²) in [5, 5.41) is 22.0. The van der Waals surface area contributed by atoms with Crippen LogP contribution in [0.5, 0.6) is 11.5 Å². The number of carbonyl (C=O) groups excluding carboxylic acids is 1. The summed E-state index contributed by atoms with van der Waals surface area (Å²) in [5.74, 6) is -0.321. The summed E-state index contributed by atoms with van der Waals surface area (Å²) in [4.78, 5) is 16.5. The molecule has 1 unspecified atom stereocenters. The van der Waals surface area contributed by atoms with Crippen molar-refractivity contribution in [3.8, 4) is 17.6 Å². The second-order valence-corrected chi connectivity index (χ2v) is 7.54. The van der Waals surface area contributed by atoms with E-state index in [4.69, 9.17) is 9.47 Å². The third-order valence-electron chi connectivity index (χ3n) is 5.62. The zero-order chi connectivity index (χ0) is 22.9. The number of benzene rings is 2. The number of ether oxygens (including phenoxy) is 2. The molecule has 0 aliphatic carbocycles. The van der Waals surface area contributed by atoms with E-state index in [0.29, 0.717) is 28.0 Å². The summed E-state index contributed by atoms with van der Waals surface area (Å²) >= 11 is 0. The maximum atomic E-state index is 12.3. The molecule has 0 fully saturated rings. The number of esters is 1. The van der Waals surface area contributed by atoms with Crippen LogP contribution in [0.4, 0.5) is 0 Å². The van der Waals surface area contributed by atoms with E-state index >= 15 is 0 Å². The quantitative estimate of drug-likeness (QED) is 0.459. The summed E-state index contributed by atoms with van der Waals surface area (Å²) in [5.41, 5.74) is 2.14. The minimum atomic E-state index is -0.594. The molecule has 5 rings (SSSR count). The number of pyridine rings is 1. The SMILES string of the molecule is CCOC(=O)c1cc2ccc3c(c2cc1O)OC(n1cccc1)=C(C#N)C3c1cccnc1. The average molecular weight is 437 g/mol. The Balaban J connectivity index is 1.77. The Bertz CT molecular complexity index is 1430. The molecule has 4 aromatic rings. The third-order valence-corrected chi connectivity index (χ3v) is 5.62. The molecule has 0 radical (unpaired) electrons. The minimum Gasteiger partial charge on any atom is -0.507 e. The van der Waals surface area contributed by atoms with Crippen molar-refractivity contribution in [2.75, 3.05) is 6.61 Å². The van der Waals surface area contributed by atoms with Crippen molar-refractivity contribution in [2.45, 2.75) is 12.8 Å². The highest BCUT2D eigenvalue weighted by atomic mass is 16.5. The highest BCUT2D eigenvalue weighted by Crippen LogP contribution is 2.47. The van der Waals surface area contributed by atoms with Crippen LogP contribution < -0.4 is 4.74 Å². The number of aromatic nitrogens is 2. The fourth-order valence-corrected chi connectivity index (χ4v) is 4.16. The number of phenolic OH excluding ortho intramolecular Hbond substituents is 1. The van der Waals surface area contributed by atoms with E-state index in [1.807, 2.05) is 36.4 Å². The molecule has 0 saturated carbocycles. The van der Waals surface area contributed by atoms with Crippen molar-refractivity contribution >= 4 is 22.6 Å². The van der Waals surface area contributed by atoms with Gasteiger partial charge in [-0.1, -0.05) is 18.2 Å². The van der Waals surface area contributed by atoms with Gasteiger partial charge in [0, 0.05) is 35.7 Å². The first-order chi connectivity index (χ1) is 16.1. The topological polar surface area (TPSA) is 97.4 Å². The van der Waals surface area contributed by atoms with Crippen LogP contribution in [0.2, 0.25) is 0 Å². The molecule has 33 heavy (non-hydrogen) atoms. The van der Waals surface area contributed by atoms with Crippen molar-refractivity contribution in [1.82, 2.24) is 9.55 Å². The van der Waals surface area contributed by atoms with Crippen LogP contribution in [0.25, 0.3) is 16.7 Å². The number of nitrogens with zero attached hydrogens (tertiary/aromatic N) is 3. The van der Waals surface area contributed by atoms with E-state index in [2.05, 4.69) is 11.1 Å². The van der Waals surface area contributed by atoms with Gasteiger partial charge < -0.3 is 14.6 Å². The molecule has 1 aliphatic heterocycles. The number of carbonyl (C=O) groups is 1. The Morgan fingerprint density at radius 1 is 1.24 bits per heavy atom. The largest absolute Gasteiger partial charge is 0.507 e. The van der Waals surface area contributed by atoms with Gasteiger partial charge in [0.1, 0.15) is 28.7 Å². The van der Waals surface area contributed by atoms with Crippen molar-refractivity contribution < 1.29 is 19.4 Å². The minimum absolute atomic E-state index is 0.0859. The van der Waals surface area contributed by atoms with Crippen LogP contribution in [0.1, 0.15) is 34.3 Å². The summed E-state index contributed by atoms with van der Waals surface area (Å²) < 4.78 is 13.1. The summed E-state index contributed by atoms with van der Waals surface area (Å²) in [7, 11) is 0. The van der Waals surface area contributed by atoms with Crippen molar-refractivity contribution in [2.24, 2.45) is 0 Å². The number of fused-ring (bicyclic) bond motifs is 3. The van der Waals surface area contributed by atoms with Crippen LogP contribution in [-0.2, 0) is 4.74 Å². The molecule has 7 nitrogen and oxygen atoms in total. The Labute approximate surface area is 189 Å². The molecule has 2 aromatic carbocycles. The molecule has 0 spiro atoms. The van der Waals surface area contributed by atoms with E-state index in [0.717, 1.165) is 11.1 Å². The number of nitriles is 1. The Morgan fingerprint density at radius 2 is 2.06 bits per heavy atom. The molecule has 3 heterocycles. The maximum absolute atomic E-state index is 12.3. The molecular weight excluding hydrogens is 418 g/mol. The number of allylic oxidation sites excluding steroid dienone is 1. The van der Waals surface area contributed by atoms with Crippen molar-refractivity contribution in [3.63, 3.8) is 0 Å². The van der Waals surface area contributed by atoms with Gasteiger partial charge >= 0.3 is 5.97 Å².